The van der Waals surface area contributed by atoms with E-state index in [2.05, 4.69) is 49.5 Å². The van der Waals surface area contributed by atoms with Crippen LogP contribution in [0.3, 0.4) is 0 Å². The van der Waals surface area contributed by atoms with Crippen LogP contribution in [0.2, 0.25) is 0 Å². The van der Waals surface area contributed by atoms with E-state index in [0.29, 0.717) is 0 Å². The maximum Gasteiger partial charge on any atom is 0.248 e. The van der Waals surface area contributed by atoms with Crippen LogP contribution in [-0.2, 0) is 4.79 Å². The van der Waals surface area contributed by atoms with Gasteiger partial charge in [0.2, 0.25) is 5.91 Å². The van der Waals surface area contributed by atoms with Crippen molar-refractivity contribution < 1.29 is 4.79 Å². The quantitative estimate of drug-likeness (QED) is 0.643. The second-order valence-corrected chi connectivity index (χ2v) is 6.18. The molecule has 0 fully saturated rings. The zero-order valence-corrected chi connectivity index (χ0v) is 14.3. The minimum atomic E-state index is -0.119. The lowest BCUT2D eigenvalue weighted by atomic mass is 10.1. The monoisotopic (exact) mass is 315 g/mol. The SMILES string of the molecule is Cc1ccc(/C=C/C(=O)Nc2cc3ccccc3cc2C)cc1C. The number of amides is 1. The summed E-state index contributed by atoms with van der Waals surface area (Å²) in [5.74, 6) is -0.119. The first-order chi connectivity index (χ1) is 11.5. The van der Waals surface area contributed by atoms with Crippen LogP contribution in [0.1, 0.15) is 22.3 Å². The zero-order valence-electron chi connectivity index (χ0n) is 14.3. The molecule has 1 amide bonds. The predicted molar refractivity (Wildman–Crippen MR) is 102 cm³/mol. The van der Waals surface area contributed by atoms with E-state index < -0.39 is 0 Å². The molecule has 0 aliphatic rings. The van der Waals surface area contributed by atoms with Crippen LogP contribution in [0.25, 0.3) is 16.8 Å². The molecule has 3 aromatic carbocycles. The Morgan fingerprint density at radius 1 is 0.833 bits per heavy atom. The summed E-state index contributed by atoms with van der Waals surface area (Å²) in [5, 5.41) is 5.27. The number of anilines is 1. The Bertz CT molecular complexity index is 938. The topological polar surface area (TPSA) is 29.1 Å². The van der Waals surface area contributed by atoms with E-state index in [4.69, 9.17) is 0 Å². The van der Waals surface area contributed by atoms with Gasteiger partial charge < -0.3 is 5.32 Å². The predicted octanol–water partition coefficient (Wildman–Crippen LogP) is 5.42. The van der Waals surface area contributed by atoms with Crippen LogP contribution in [0.15, 0.2) is 60.7 Å². The molecule has 0 spiro atoms. The van der Waals surface area contributed by atoms with Crippen LogP contribution in [0.4, 0.5) is 5.69 Å². The van der Waals surface area contributed by atoms with Gasteiger partial charge in [0.05, 0.1) is 0 Å². The van der Waals surface area contributed by atoms with E-state index in [1.807, 2.05) is 37.3 Å². The van der Waals surface area contributed by atoms with Gasteiger partial charge in [-0.15, -0.1) is 0 Å². The van der Waals surface area contributed by atoms with Crippen molar-refractivity contribution in [3.8, 4) is 0 Å². The average Bonchev–Trinajstić information content (AvgIpc) is 2.56. The normalized spacial score (nSPS) is 11.1. The third kappa shape index (κ3) is 3.54. The first-order valence-electron chi connectivity index (χ1n) is 8.08. The molecule has 0 saturated heterocycles. The minimum Gasteiger partial charge on any atom is -0.322 e. The first kappa shape index (κ1) is 16.0. The van der Waals surface area contributed by atoms with Gasteiger partial charge in [-0.1, -0.05) is 42.5 Å². The number of carbonyl (C=O) groups excluding carboxylic acids is 1. The van der Waals surface area contributed by atoms with Gasteiger partial charge in [-0.25, -0.2) is 0 Å². The summed E-state index contributed by atoms with van der Waals surface area (Å²) in [5.41, 5.74) is 5.42. The van der Waals surface area contributed by atoms with Gasteiger partial charge in [-0.3, -0.25) is 4.79 Å². The Balaban J connectivity index is 1.78. The molecular formula is C22H21NO. The highest BCUT2D eigenvalue weighted by Crippen LogP contribution is 2.23. The molecule has 120 valence electrons. The van der Waals surface area contributed by atoms with Gasteiger partial charge in [0.15, 0.2) is 0 Å². The fraction of sp³-hybridized carbons (Fsp3) is 0.136. The second-order valence-electron chi connectivity index (χ2n) is 6.18. The van der Waals surface area contributed by atoms with E-state index in [-0.39, 0.29) is 5.91 Å². The Kier molecular flexibility index (Phi) is 4.48. The summed E-state index contributed by atoms with van der Waals surface area (Å²) in [6.07, 6.45) is 3.43. The fourth-order valence-electron chi connectivity index (χ4n) is 2.70. The lowest BCUT2D eigenvalue weighted by Crippen LogP contribution is -2.08. The molecule has 2 heteroatoms. The molecule has 0 aromatic heterocycles. The number of carbonyl (C=O) groups is 1. The third-order valence-electron chi connectivity index (χ3n) is 4.31. The van der Waals surface area contributed by atoms with Crippen molar-refractivity contribution in [2.75, 3.05) is 5.32 Å². The summed E-state index contributed by atoms with van der Waals surface area (Å²) in [6.45, 7) is 6.17. The van der Waals surface area contributed by atoms with Crippen molar-refractivity contribution in [1.29, 1.82) is 0 Å². The molecule has 0 saturated carbocycles. The lowest BCUT2D eigenvalue weighted by Gasteiger charge is -2.08. The number of hydrogen-bond donors (Lipinski definition) is 1. The molecule has 3 aromatic rings. The molecule has 0 atom stereocenters. The van der Waals surface area contributed by atoms with Crippen LogP contribution in [0, 0.1) is 20.8 Å². The smallest absolute Gasteiger partial charge is 0.248 e. The molecule has 3 rings (SSSR count). The molecule has 2 nitrogen and oxygen atoms in total. The molecule has 0 unspecified atom stereocenters. The van der Waals surface area contributed by atoms with Gasteiger partial charge in [-0.05, 0) is 72.0 Å². The van der Waals surface area contributed by atoms with Crippen molar-refractivity contribution in [2.24, 2.45) is 0 Å². The molecule has 24 heavy (non-hydrogen) atoms. The Morgan fingerprint density at radius 2 is 1.54 bits per heavy atom. The van der Waals surface area contributed by atoms with Crippen molar-refractivity contribution in [1.82, 2.24) is 0 Å². The summed E-state index contributed by atoms with van der Waals surface area (Å²) in [6, 6.07) is 18.4. The number of benzene rings is 3. The van der Waals surface area contributed by atoms with Gasteiger partial charge in [-0.2, -0.15) is 0 Å². The van der Waals surface area contributed by atoms with Crippen LogP contribution < -0.4 is 5.32 Å². The number of fused-ring (bicyclic) bond motifs is 1. The van der Waals surface area contributed by atoms with Crippen molar-refractivity contribution in [3.05, 3.63) is 82.9 Å². The van der Waals surface area contributed by atoms with E-state index in [1.54, 1.807) is 6.08 Å². The number of hydrogen-bond acceptors (Lipinski definition) is 1. The summed E-state index contributed by atoms with van der Waals surface area (Å²) >= 11 is 0. The van der Waals surface area contributed by atoms with Crippen LogP contribution >= 0.6 is 0 Å². The van der Waals surface area contributed by atoms with Gasteiger partial charge in [0, 0.05) is 11.8 Å². The molecule has 0 radical (unpaired) electrons. The maximum atomic E-state index is 12.2. The van der Waals surface area contributed by atoms with Crippen molar-refractivity contribution in [3.63, 3.8) is 0 Å². The third-order valence-corrected chi connectivity index (χ3v) is 4.31. The number of aryl methyl sites for hydroxylation is 3. The summed E-state index contributed by atoms with van der Waals surface area (Å²) < 4.78 is 0. The summed E-state index contributed by atoms with van der Waals surface area (Å²) in [7, 11) is 0. The highest BCUT2D eigenvalue weighted by atomic mass is 16.1. The standard InChI is InChI=1S/C22H21NO/c1-15-8-9-18(12-16(15)2)10-11-22(24)23-21-14-20-7-5-4-6-19(20)13-17(21)3/h4-14H,1-3H3,(H,23,24)/b11-10+. The van der Waals surface area contributed by atoms with Crippen molar-refractivity contribution >= 4 is 28.4 Å². The highest BCUT2D eigenvalue weighted by molar-refractivity contribution is 6.03. The highest BCUT2D eigenvalue weighted by Gasteiger charge is 2.04. The molecule has 1 N–H and O–H groups in total. The molecular weight excluding hydrogens is 294 g/mol. The van der Waals surface area contributed by atoms with Crippen molar-refractivity contribution in [2.45, 2.75) is 20.8 Å². The molecule has 0 aliphatic carbocycles. The lowest BCUT2D eigenvalue weighted by molar-refractivity contribution is -0.111. The van der Waals surface area contributed by atoms with E-state index >= 15 is 0 Å². The van der Waals surface area contributed by atoms with Gasteiger partial charge in [0.25, 0.3) is 0 Å². The van der Waals surface area contributed by atoms with E-state index in [9.17, 15) is 4.79 Å². The van der Waals surface area contributed by atoms with Crippen LogP contribution in [0.5, 0.6) is 0 Å². The number of nitrogens with one attached hydrogen (secondary N) is 1. The zero-order chi connectivity index (χ0) is 17.1. The molecule has 0 bridgehead atoms. The number of rotatable bonds is 3. The molecule has 0 heterocycles. The molecule has 0 aliphatic heterocycles. The van der Waals surface area contributed by atoms with E-state index in [0.717, 1.165) is 22.2 Å². The van der Waals surface area contributed by atoms with Gasteiger partial charge >= 0.3 is 0 Å². The second kappa shape index (κ2) is 6.71. The fourth-order valence-corrected chi connectivity index (χ4v) is 2.70. The summed E-state index contributed by atoms with van der Waals surface area (Å²) in [4.78, 5) is 12.2. The maximum absolute atomic E-state index is 12.2. The largest absolute Gasteiger partial charge is 0.322 e. The first-order valence-corrected chi connectivity index (χ1v) is 8.08. The van der Waals surface area contributed by atoms with E-state index in [1.165, 1.54) is 16.5 Å². The Hall–Kier alpha value is -2.87. The van der Waals surface area contributed by atoms with Crippen LogP contribution in [-0.4, -0.2) is 5.91 Å². The Labute approximate surface area is 142 Å². The minimum absolute atomic E-state index is 0.119. The average molecular weight is 315 g/mol. The Morgan fingerprint density at radius 3 is 2.25 bits per heavy atom. The van der Waals surface area contributed by atoms with Gasteiger partial charge in [0.1, 0.15) is 0 Å².